The fourth-order valence-corrected chi connectivity index (χ4v) is 0.505. The van der Waals surface area contributed by atoms with Gasteiger partial charge in [-0.15, -0.1) is 0 Å². The zero-order valence-electron chi connectivity index (χ0n) is 7.32. The second kappa shape index (κ2) is 6.68. The van der Waals surface area contributed by atoms with Crippen LogP contribution in [0.25, 0.3) is 0 Å². The highest BCUT2D eigenvalue weighted by Gasteiger charge is 2.10. The molecule has 0 radical (unpaired) electrons. The van der Waals surface area contributed by atoms with Crippen LogP contribution in [-0.2, 0) is 13.7 Å². The third-order valence-corrected chi connectivity index (χ3v) is 2.13. The van der Waals surface area contributed by atoms with E-state index in [1.165, 1.54) is 13.8 Å². The minimum atomic E-state index is -4.17. The van der Waals surface area contributed by atoms with E-state index >= 15 is 0 Å². The summed E-state index contributed by atoms with van der Waals surface area (Å²) < 4.78 is 23.3. The van der Waals surface area contributed by atoms with Crippen LogP contribution in [0.2, 0.25) is 0 Å². The van der Waals surface area contributed by atoms with Crippen LogP contribution in [-0.4, -0.2) is 32.3 Å². The van der Waals surface area contributed by atoms with Gasteiger partial charge in [0.25, 0.3) is 0 Å². The van der Waals surface area contributed by atoms with Crippen LogP contribution in [0.3, 0.4) is 0 Å². The Morgan fingerprint density at radius 2 is 1.38 bits per heavy atom. The second-order valence-electron chi connectivity index (χ2n) is 1.89. The van der Waals surface area contributed by atoms with Crippen molar-refractivity contribution in [1.29, 1.82) is 0 Å². The standard InChI is InChI=1S/C2H7O4P.C2H7O3P/c1-2-6-7(3,4)5;1-2-6(3,4)5/h2H2,1H3,(H2,3,4,5);2H2,1H3,(H2,3,4,5). The normalized spacial score (nSPS) is 11.8. The van der Waals surface area contributed by atoms with Gasteiger partial charge in [0.05, 0.1) is 6.61 Å². The van der Waals surface area contributed by atoms with Crippen molar-refractivity contribution >= 4 is 15.4 Å². The molecule has 7 nitrogen and oxygen atoms in total. The van der Waals surface area contributed by atoms with E-state index in [0.29, 0.717) is 0 Å². The van der Waals surface area contributed by atoms with Gasteiger partial charge < -0.3 is 19.6 Å². The molecule has 0 saturated carbocycles. The minimum Gasteiger partial charge on any atom is -0.324 e. The summed E-state index contributed by atoms with van der Waals surface area (Å²) in [6, 6.07) is 0. The van der Waals surface area contributed by atoms with Crippen LogP contribution >= 0.6 is 15.4 Å². The van der Waals surface area contributed by atoms with E-state index in [2.05, 4.69) is 4.52 Å². The van der Waals surface area contributed by atoms with E-state index in [-0.39, 0.29) is 12.8 Å². The Hall–Kier alpha value is 0.260. The van der Waals surface area contributed by atoms with Crippen molar-refractivity contribution in [1.82, 2.24) is 0 Å². The molecule has 0 atom stereocenters. The number of phosphoric ester groups is 1. The highest BCUT2D eigenvalue weighted by Crippen LogP contribution is 2.34. The highest BCUT2D eigenvalue weighted by atomic mass is 31.2. The Morgan fingerprint density at radius 1 is 1.08 bits per heavy atom. The SMILES string of the molecule is CCOP(=O)(O)O.CCP(=O)(O)O. The first-order valence-electron chi connectivity index (χ1n) is 3.37. The molecule has 0 saturated heterocycles. The molecule has 0 aliphatic rings. The summed E-state index contributed by atoms with van der Waals surface area (Å²) in [7, 11) is -7.81. The molecule has 82 valence electrons. The first-order chi connectivity index (χ1) is 5.62. The van der Waals surface area contributed by atoms with Gasteiger partial charge in [0.2, 0.25) is 0 Å². The van der Waals surface area contributed by atoms with Gasteiger partial charge in [0.1, 0.15) is 0 Å². The molecule has 0 heterocycles. The number of rotatable bonds is 3. The van der Waals surface area contributed by atoms with Crippen LogP contribution in [0.15, 0.2) is 0 Å². The van der Waals surface area contributed by atoms with Gasteiger partial charge in [0.15, 0.2) is 0 Å². The van der Waals surface area contributed by atoms with E-state index in [4.69, 9.17) is 19.6 Å². The Bertz CT molecular complexity index is 203. The minimum absolute atomic E-state index is 0.0459. The molecule has 13 heavy (non-hydrogen) atoms. The molecule has 0 bridgehead atoms. The summed E-state index contributed by atoms with van der Waals surface area (Å²) in [6.07, 6.45) is -0.0625. The lowest BCUT2D eigenvalue weighted by molar-refractivity contribution is 0.206. The van der Waals surface area contributed by atoms with Crippen molar-refractivity contribution in [3.8, 4) is 0 Å². The predicted octanol–water partition coefficient (Wildman–Crippen LogP) is 0.300. The van der Waals surface area contributed by atoms with E-state index in [1.54, 1.807) is 0 Å². The molecule has 0 aromatic heterocycles. The smallest absolute Gasteiger partial charge is 0.324 e. The first-order valence-corrected chi connectivity index (χ1v) is 6.69. The molecule has 0 unspecified atom stereocenters. The number of hydrogen-bond donors (Lipinski definition) is 4. The number of phosphoric acid groups is 1. The summed E-state index contributed by atoms with van der Waals surface area (Å²) in [4.78, 5) is 31.7. The maximum Gasteiger partial charge on any atom is 0.469 e. The molecule has 9 heteroatoms. The fourth-order valence-electron chi connectivity index (χ4n) is 0.168. The Morgan fingerprint density at radius 3 is 1.38 bits per heavy atom. The largest absolute Gasteiger partial charge is 0.469 e. The average Bonchev–Trinajstić information content (AvgIpc) is 1.84. The van der Waals surface area contributed by atoms with Gasteiger partial charge >= 0.3 is 15.4 Å². The highest BCUT2D eigenvalue weighted by molar-refractivity contribution is 7.51. The van der Waals surface area contributed by atoms with Gasteiger partial charge in [-0.2, -0.15) is 0 Å². The predicted molar refractivity (Wildman–Crippen MR) is 46.3 cm³/mol. The van der Waals surface area contributed by atoms with Gasteiger partial charge in [-0.25, -0.2) is 4.57 Å². The van der Waals surface area contributed by atoms with Crippen molar-refractivity contribution in [3.63, 3.8) is 0 Å². The van der Waals surface area contributed by atoms with Crippen molar-refractivity contribution in [2.45, 2.75) is 13.8 Å². The van der Waals surface area contributed by atoms with Crippen LogP contribution in [0.5, 0.6) is 0 Å². The van der Waals surface area contributed by atoms with Crippen LogP contribution < -0.4 is 0 Å². The quantitative estimate of drug-likeness (QED) is 0.519. The monoisotopic (exact) mass is 236 g/mol. The molecular weight excluding hydrogens is 222 g/mol. The molecule has 0 fully saturated rings. The molecule has 4 N–H and O–H groups in total. The molecule has 0 rings (SSSR count). The zero-order chi connectivity index (χ0) is 11.1. The van der Waals surface area contributed by atoms with Crippen molar-refractivity contribution in [2.75, 3.05) is 12.8 Å². The van der Waals surface area contributed by atoms with Crippen molar-refractivity contribution < 1.29 is 33.2 Å². The van der Waals surface area contributed by atoms with Gasteiger partial charge in [0, 0.05) is 6.16 Å². The van der Waals surface area contributed by atoms with Crippen molar-refractivity contribution in [2.24, 2.45) is 0 Å². The summed E-state index contributed by atoms with van der Waals surface area (Å²) >= 11 is 0. The molecule has 0 aromatic carbocycles. The summed E-state index contributed by atoms with van der Waals surface area (Å²) in [5.41, 5.74) is 0. The third-order valence-electron chi connectivity index (χ3n) is 0.709. The Kier molecular flexibility index (Phi) is 8.07. The molecular formula is C4H14O7P2. The van der Waals surface area contributed by atoms with Gasteiger partial charge in [-0.3, -0.25) is 9.09 Å². The molecule has 0 amide bonds. The van der Waals surface area contributed by atoms with Gasteiger partial charge in [-0.1, -0.05) is 6.92 Å². The molecule has 0 aliphatic heterocycles. The molecule has 0 spiro atoms. The summed E-state index contributed by atoms with van der Waals surface area (Å²) in [6.45, 7) is 3.00. The lowest BCUT2D eigenvalue weighted by atomic mass is 10.9. The summed E-state index contributed by atoms with van der Waals surface area (Å²) in [5.74, 6) is 0. The van der Waals surface area contributed by atoms with E-state index in [0.717, 1.165) is 0 Å². The van der Waals surface area contributed by atoms with E-state index in [1.807, 2.05) is 0 Å². The van der Waals surface area contributed by atoms with Crippen LogP contribution in [0.1, 0.15) is 13.8 Å². The molecule has 0 aliphatic carbocycles. The lowest BCUT2D eigenvalue weighted by Crippen LogP contribution is -1.84. The van der Waals surface area contributed by atoms with Crippen molar-refractivity contribution in [3.05, 3.63) is 0 Å². The maximum atomic E-state index is 9.70. The third kappa shape index (κ3) is 24.5. The fraction of sp³-hybridized carbons (Fsp3) is 1.00. The van der Waals surface area contributed by atoms with E-state index in [9.17, 15) is 9.13 Å². The Labute approximate surface area is 76.1 Å². The maximum absolute atomic E-state index is 9.70. The summed E-state index contributed by atoms with van der Waals surface area (Å²) in [5, 5.41) is 0. The lowest BCUT2D eigenvalue weighted by Gasteiger charge is -1.98. The number of hydrogen-bond acceptors (Lipinski definition) is 3. The topological polar surface area (TPSA) is 124 Å². The van der Waals surface area contributed by atoms with Crippen LogP contribution in [0, 0.1) is 0 Å². The van der Waals surface area contributed by atoms with E-state index < -0.39 is 15.4 Å². The average molecular weight is 236 g/mol. The second-order valence-corrected chi connectivity index (χ2v) is 5.09. The Balaban J connectivity index is 0. The zero-order valence-corrected chi connectivity index (χ0v) is 9.11. The molecule has 0 aromatic rings. The first kappa shape index (κ1) is 15.7. The van der Waals surface area contributed by atoms with Crippen LogP contribution in [0.4, 0.5) is 0 Å². The van der Waals surface area contributed by atoms with Gasteiger partial charge in [-0.05, 0) is 6.92 Å².